The number of fused-ring (bicyclic) bond motifs is 1. The second kappa shape index (κ2) is 5.62. The van der Waals surface area contributed by atoms with E-state index in [4.69, 9.17) is 18.9 Å². The third kappa shape index (κ3) is 2.47. The molecule has 21 heavy (non-hydrogen) atoms. The molecule has 2 heterocycles. The Kier molecular flexibility index (Phi) is 3.98. The molecule has 3 rings (SSSR count). The Morgan fingerprint density at radius 3 is 2.62 bits per heavy atom. The van der Waals surface area contributed by atoms with Crippen LogP contribution in [0.25, 0.3) is 0 Å². The maximum absolute atomic E-state index is 10.6. The number of rotatable bonds is 2. The van der Waals surface area contributed by atoms with Crippen LogP contribution in [0.15, 0.2) is 30.3 Å². The maximum atomic E-state index is 10.6. The van der Waals surface area contributed by atoms with Crippen molar-refractivity contribution in [3.63, 3.8) is 0 Å². The molecule has 2 aliphatic heterocycles. The minimum Gasteiger partial charge on any atom is -0.385 e. The van der Waals surface area contributed by atoms with Crippen molar-refractivity contribution in [1.29, 1.82) is 0 Å². The summed E-state index contributed by atoms with van der Waals surface area (Å²) in [7, 11) is 1.34. The first kappa shape index (κ1) is 14.9. The maximum Gasteiger partial charge on any atom is 0.227 e. The molecule has 0 amide bonds. The van der Waals surface area contributed by atoms with Crippen LogP contribution in [0.3, 0.4) is 0 Å². The Balaban J connectivity index is 1.83. The highest BCUT2D eigenvalue weighted by Gasteiger charge is 2.59. The number of hydrogen-bond donors (Lipinski definition) is 3. The van der Waals surface area contributed by atoms with Crippen molar-refractivity contribution >= 4 is 0 Å². The molecule has 1 aromatic rings. The zero-order valence-corrected chi connectivity index (χ0v) is 11.5. The third-order valence-electron chi connectivity index (χ3n) is 3.78. The van der Waals surface area contributed by atoms with Gasteiger partial charge in [0, 0.05) is 12.7 Å². The molecular formula is C14H18O7. The predicted octanol–water partition coefficient (Wildman–Crippen LogP) is -0.486. The van der Waals surface area contributed by atoms with E-state index in [2.05, 4.69) is 0 Å². The molecule has 6 atom stereocenters. The van der Waals surface area contributed by atoms with Crippen molar-refractivity contribution in [2.45, 2.75) is 36.7 Å². The average Bonchev–Trinajstić information content (AvgIpc) is 2.52. The third-order valence-corrected chi connectivity index (χ3v) is 3.78. The van der Waals surface area contributed by atoms with E-state index in [0.717, 1.165) is 0 Å². The van der Waals surface area contributed by atoms with Crippen LogP contribution in [0.2, 0.25) is 0 Å². The fraction of sp³-hybridized carbons (Fsp3) is 0.571. The van der Waals surface area contributed by atoms with E-state index in [9.17, 15) is 15.3 Å². The van der Waals surface area contributed by atoms with Gasteiger partial charge in [-0.15, -0.1) is 0 Å². The number of ether oxygens (including phenoxy) is 4. The van der Waals surface area contributed by atoms with Gasteiger partial charge in [-0.2, -0.15) is 0 Å². The van der Waals surface area contributed by atoms with Gasteiger partial charge in [0.1, 0.15) is 18.3 Å². The Bertz CT molecular complexity index is 477. The van der Waals surface area contributed by atoms with Crippen LogP contribution in [0.4, 0.5) is 0 Å². The fourth-order valence-electron chi connectivity index (χ4n) is 2.58. The Labute approximate surface area is 121 Å². The smallest absolute Gasteiger partial charge is 0.227 e. The summed E-state index contributed by atoms with van der Waals surface area (Å²) in [5.74, 6) is -2.06. The van der Waals surface area contributed by atoms with Crippen LogP contribution in [0.5, 0.6) is 0 Å². The molecule has 0 aromatic heterocycles. The molecule has 2 saturated heterocycles. The van der Waals surface area contributed by atoms with Crippen LogP contribution in [-0.4, -0.2) is 59.4 Å². The quantitative estimate of drug-likeness (QED) is 0.678. The van der Waals surface area contributed by atoms with E-state index in [-0.39, 0.29) is 6.61 Å². The lowest BCUT2D eigenvalue weighted by molar-refractivity contribution is -0.452. The molecule has 0 aliphatic carbocycles. The monoisotopic (exact) mass is 298 g/mol. The SMILES string of the molecule is CO[C@@H]1O[C@@H]2CO[C@H](c3ccccc3)O[C@]2(O)[C@H](O)[C@@H]1O. The van der Waals surface area contributed by atoms with Gasteiger partial charge in [-0.05, 0) is 0 Å². The largest absolute Gasteiger partial charge is 0.385 e. The normalized spacial score (nSPS) is 43.3. The molecular weight excluding hydrogens is 280 g/mol. The van der Waals surface area contributed by atoms with E-state index in [0.29, 0.717) is 5.56 Å². The van der Waals surface area contributed by atoms with Crippen molar-refractivity contribution < 1.29 is 34.3 Å². The van der Waals surface area contributed by atoms with Gasteiger partial charge >= 0.3 is 0 Å². The predicted molar refractivity (Wildman–Crippen MR) is 68.9 cm³/mol. The van der Waals surface area contributed by atoms with Gasteiger partial charge in [0.2, 0.25) is 5.79 Å². The van der Waals surface area contributed by atoms with E-state index < -0.39 is 36.7 Å². The summed E-state index contributed by atoms with van der Waals surface area (Å²) in [5.41, 5.74) is 0.694. The summed E-state index contributed by atoms with van der Waals surface area (Å²) in [4.78, 5) is 0. The van der Waals surface area contributed by atoms with Crippen molar-refractivity contribution in [3.8, 4) is 0 Å². The first-order chi connectivity index (χ1) is 10.1. The molecule has 1 aromatic carbocycles. The summed E-state index contributed by atoms with van der Waals surface area (Å²) in [6, 6.07) is 9.01. The van der Waals surface area contributed by atoms with Gasteiger partial charge in [-0.3, -0.25) is 0 Å². The highest BCUT2D eigenvalue weighted by atomic mass is 16.8. The zero-order chi connectivity index (χ0) is 15.0. The van der Waals surface area contributed by atoms with Crippen LogP contribution in [0, 0.1) is 0 Å². The molecule has 7 nitrogen and oxygen atoms in total. The Hall–Kier alpha value is -1.06. The first-order valence-electron chi connectivity index (χ1n) is 6.67. The lowest BCUT2D eigenvalue weighted by Crippen LogP contribution is -2.70. The van der Waals surface area contributed by atoms with Crippen LogP contribution >= 0.6 is 0 Å². The fourth-order valence-corrected chi connectivity index (χ4v) is 2.58. The lowest BCUT2D eigenvalue weighted by atomic mass is 9.94. The van der Waals surface area contributed by atoms with Gasteiger partial charge in [0.05, 0.1) is 6.61 Å². The molecule has 0 unspecified atom stereocenters. The number of aliphatic hydroxyl groups is 3. The molecule has 2 fully saturated rings. The molecule has 0 radical (unpaired) electrons. The van der Waals surface area contributed by atoms with Crippen molar-refractivity contribution in [1.82, 2.24) is 0 Å². The number of benzene rings is 1. The van der Waals surface area contributed by atoms with E-state index in [1.54, 1.807) is 12.1 Å². The molecule has 0 bridgehead atoms. The molecule has 116 valence electrons. The zero-order valence-electron chi connectivity index (χ0n) is 11.5. The van der Waals surface area contributed by atoms with Gasteiger partial charge < -0.3 is 34.3 Å². The number of aliphatic hydroxyl groups excluding tert-OH is 2. The second-order valence-electron chi connectivity index (χ2n) is 5.11. The summed E-state index contributed by atoms with van der Waals surface area (Å²) in [6.07, 6.45) is -5.86. The van der Waals surface area contributed by atoms with Crippen molar-refractivity contribution in [3.05, 3.63) is 35.9 Å². The highest BCUT2D eigenvalue weighted by molar-refractivity contribution is 5.17. The summed E-state index contributed by atoms with van der Waals surface area (Å²) >= 11 is 0. The average molecular weight is 298 g/mol. The van der Waals surface area contributed by atoms with Crippen LogP contribution in [0.1, 0.15) is 11.9 Å². The number of hydrogen-bond acceptors (Lipinski definition) is 7. The van der Waals surface area contributed by atoms with Crippen LogP contribution in [-0.2, 0) is 18.9 Å². The molecule has 7 heteroatoms. The lowest BCUT2D eigenvalue weighted by Gasteiger charge is -2.50. The summed E-state index contributed by atoms with van der Waals surface area (Å²) in [5, 5.41) is 30.7. The van der Waals surface area contributed by atoms with Gasteiger partial charge in [0.15, 0.2) is 12.6 Å². The summed E-state index contributed by atoms with van der Waals surface area (Å²) in [6.45, 7) is -0.000297. The van der Waals surface area contributed by atoms with Crippen LogP contribution < -0.4 is 0 Å². The molecule has 0 saturated carbocycles. The molecule has 2 aliphatic rings. The van der Waals surface area contributed by atoms with E-state index in [1.165, 1.54) is 7.11 Å². The standard InChI is InChI=1S/C14H18O7/c1-18-13-10(15)11(16)14(17)9(20-13)7-19-12(21-14)8-5-3-2-4-6-8/h2-6,9-13,15-17H,7H2,1H3/t9-,10+,11-,12+,13-,14+/m1/s1. The van der Waals surface area contributed by atoms with Crippen molar-refractivity contribution in [2.75, 3.05) is 13.7 Å². The Morgan fingerprint density at radius 1 is 1.24 bits per heavy atom. The summed E-state index contributed by atoms with van der Waals surface area (Å²) < 4.78 is 21.3. The van der Waals surface area contributed by atoms with Gasteiger partial charge in [-0.1, -0.05) is 30.3 Å². The minimum atomic E-state index is -2.06. The van der Waals surface area contributed by atoms with Crippen molar-refractivity contribution in [2.24, 2.45) is 0 Å². The Morgan fingerprint density at radius 2 is 1.95 bits per heavy atom. The highest BCUT2D eigenvalue weighted by Crippen LogP contribution is 2.39. The van der Waals surface area contributed by atoms with Gasteiger partial charge in [-0.25, -0.2) is 0 Å². The minimum absolute atomic E-state index is 0.000297. The first-order valence-corrected chi connectivity index (χ1v) is 6.67. The van der Waals surface area contributed by atoms with Gasteiger partial charge in [0.25, 0.3) is 0 Å². The topological polar surface area (TPSA) is 97.6 Å². The molecule has 3 N–H and O–H groups in total. The van der Waals surface area contributed by atoms with E-state index >= 15 is 0 Å². The second-order valence-corrected chi connectivity index (χ2v) is 5.11. The molecule has 0 spiro atoms. The number of methoxy groups -OCH3 is 1. The van der Waals surface area contributed by atoms with E-state index in [1.807, 2.05) is 18.2 Å².